The maximum absolute atomic E-state index is 12.4. The third kappa shape index (κ3) is 3.05. The van der Waals surface area contributed by atoms with Crippen LogP contribution in [0.2, 0.25) is 0 Å². The van der Waals surface area contributed by atoms with Crippen LogP contribution >= 0.6 is 11.3 Å². The normalized spacial score (nSPS) is 10.0. The van der Waals surface area contributed by atoms with Crippen LogP contribution < -0.4 is 11.3 Å². The van der Waals surface area contributed by atoms with Gasteiger partial charge in [-0.15, -0.1) is 11.3 Å². The van der Waals surface area contributed by atoms with Gasteiger partial charge in [-0.1, -0.05) is 30.3 Å². The van der Waals surface area contributed by atoms with E-state index in [1.165, 1.54) is 6.07 Å². The van der Waals surface area contributed by atoms with Gasteiger partial charge >= 0.3 is 0 Å². The van der Waals surface area contributed by atoms with Crippen molar-refractivity contribution in [3.8, 4) is 0 Å². The van der Waals surface area contributed by atoms with Gasteiger partial charge in [0.15, 0.2) is 6.29 Å². The van der Waals surface area contributed by atoms with Crippen LogP contribution in [-0.4, -0.2) is 29.3 Å². The van der Waals surface area contributed by atoms with E-state index in [2.05, 4.69) is 4.98 Å². The smallest absolute Gasteiger partial charge is 0.259 e. The van der Waals surface area contributed by atoms with Crippen molar-refractivity contribution in [2.75, 3.05) is 12.8 Å². The van der Waals surface area contributed by atoms with Crippen LogP contribution in [0.4, 0.5) is 5.69 Å². The Morgan fingerprint density at radius 1 is 1.26 bits per heavy atom. The molecule has 6 nitrogen and oxygen atoms in total. The summed E-state index contributed by atoms with van der Waals surface area (Å²) in [7, 11) is 1.00. The average molecular weight is 330 g/mol. The Hall–Kier alpha value is -2.77. The first-order chi connectivity index (χ1) is 11.1. The van der Waals surface area contributed by atoms with Gasteiger partial charge in [-0.2, -0.15) is 0 Å². The summed E-state index contributed by atoms with van der Waals surface area (Å²) in [4.78, 5) is 38.3. The lowest BCUT2D eigenvalue weighted by molar-refractivity contribution is 0.104. The number of hydrogen-bond acceptors (Lipinski definition) is 6. The van der Waals surface area contributed by atoms with Gasteiger partial charge < -0.3 is 15.8 Å². The van der Waals surface area contributed by atoms with E-state index >= 15 is 0 Å². The number of aliphatic hydroxyl groups is 1. The zero-order chi connectivity index (χ0) is 17.0. The molecule has 0 atom stereocenters. The van der Waals surface area contributed by atoms with Gasteiger partial charge in [-0.25, -0.2) is 0 Å². The fraction of sp³-hybridized carbons (Fsp3) is 0.0625. The number of nitrogens with one attached hydrogen (secondary N) is 1. The Morgan fingerprint density at radius 2 is 1.91 bits per heavy atom. The van der Waals surface area contributed by atoms with Crippen molar-refractivity contribution >= 4 is 39.3 Å². The molecule has 1 aromatic carbocycles. The highest BCUT2D eigenvalue weighted by Gasteiger charge is 2.19. The number of hydrogen-bond donors (Lipinski definition) is 3. The molecule has 0 fully saturated rings. The van der Waals surface area contributed by atoms with Gasteiger partial charge in [-0.05, 0) is 6.07 Å². The van der Waals surface area contributed by atoms with E-state index in [1.807, 2.05) is 6.07 Å². The van der Waals surface area contributed by atoms with Gasteiger partial charge in [0.2, 0.25) is 5.78 Å². The number of ketones is 1. The number of carbonyl (C=O) groups is 2. The average Bonchev–Trinajstić information content (AvgIpc) is 2.92. The monoisotopic (exact) mass is 330 g/mol. The molecule has 0 aliphatic rings. The number of nitrogen functional groups attached to an aromatic ring is 1. The zero-order valence-electron chi connectivity index (χ0n) is 12.2. The van der Waals surface area contributed by atoms with Crippen molar-refractivity contribution < 1.29 is 14.7 Å². The Balaban J connectivity index is 0.000000924. The van der Waals surface area contributed by atoms with Crippen LogP contribution in [0, 0.1) is 0 Å². The fourth-order valence-electron chi connectivity index (χ4n) is 2.07. The number of pyridine rings is 1. The van der Waals surface area contributed by atoms with Crippen molar-refractivity contribution in [1.82, 2.24) is 4.98 Å². The predicted molar refractivity (Wildman–Crippen MR) is 90.3 cm³/mol. The number of H-pyrrole nitrogens is 1. The van der Waals surface area contributed by atoms with Crippen molar-refractivity contribution in [3.63, 3.8) is 0 Å². The van der Waals surface area contributed by atoms with Gasteiger partial charge in [-0.3, -0.25) is 14.4 Å². The summed E-state index contributed by atoms with van der Waals surface area (Å²) in [5.74, 6) is -0.206. The van der Waals surface area contributed by atoms with Crippen LogP contribution in [0.1, 0.15) is 25.6 Å². The summed E-state index contributed by atoms with van der Waals surface area (Å²) < 4.78 is 0. The van der Waals surface area contributed by atoms with Crippen LogP contribution in [0.5, 0.6) is 0 Å². The number of thiophene rings is 1. The number of aromatic nitrogens is 1. The minimum atomic E-state index is -0.488. The molecular weight excluding hydrogens is 316 g/mol. The predicted octanol–water partition coefficient (Wildman–Crippen LogP) is 1.82. The van der Waals surface area contributed by atoms with E-state index in [4.69, 9.17) is 10.8 Å². The van der Waals surface area contributed by atoms with Crippen LogP contribution in [0.3, 0.4) is 0 Å². The molecule has 7 heteroatoms. The molecule has 0 unspecified atom stereocenters. The minimum Gasteiger partial charge on any atom is -0.400 e. The van der Waals surface area contributed by atoms with E-state index in [1.54, 1.807) is 24.3 Å². The Bertz CT molecular complexity index is 913. The topological polar surface area (TPSA) is 113 Å². The summed E-state index contributed by atoms with van der Waals surface area (Å²) in [6.45, 7) is 0. The van der Waals surface area contributed by atoms with Crippen molar-refractivity contribution in [2.24, 2.45) is 0 Å². The van der Waals surface area contributed by atoms with Crippen LogP contribution in [0.15, 0.2) is 41.2 Å². The summed E-state index contributed by atoms with van der Waals surface area (Å²) in [5.41, 5.74) is 6.31. The maximum atomic E-state index is 12.4. The van der Waals surface area contributed by atoms with E-state index in [0.717, 1.165) is 18.4 Å². The molecule has 0 saturated carbocycles. The number of aromatic amines is 1. The number of rotatable bonds is 3. The molecule has 0 aliphatic carbocycles. The van der Waals surface area contributed by atoms with E-state index < -0.39 is 5.56 Å². The molecule has 2 heterocycles. The number of anilines is 1. The standard InChI is InChI=1S/C15H10N2O3S.CH4O/c16-11-10-6-9(7-18)14(20)17-15(10)21-13(11)12(19)8-4-2-1-3-5-8;1-2/h1-7H,16H2,(H,17,20);2H,1H3. The summed E-state index contributed by atoms with van der Waals surface area (Å²) in [6.07, 6.45) is 0.466. The molecule has 0 amide bonds. The molecule has 0 spiro atoms. The van der Waals surface area contributed by atoms with E-state index in [0.29, 0.717) is 26.9 Å². The second-order valence-electron chi connectivity index (χ2n) is 4.45. The molecule has 118 valence electrons. The Kier molecular flexibility index (Phi) is 5.05. The molecule has 0 radical (unpaired) electrons. The molecular formula is C16H14N2O4S. The van der Waals surface area contributed by atoms with Crippen LogP contribution in [-0.2, 0) is 0 Å². The van der Waals surface area contributed by atoms with Crippen molar-refractivity contribution in [3.05, 3.63) is 62.8 Å². The number of aldehydes is 1. The highest BCUT2D eigenvalue weighted by Crippen LogP contribution is 2.33. The molecule has 23 heavy (non-hydrogen) atoms. The lowest BCUT2D eigenvalue weighted by Gasteiger charge is -1.99. The van der Waals surface area contributed by atoms with Crippen molar-refractivity contribution in [1.29, 1.82) is 0 Å². The van der Waals surface area contributed by atoms with Gasteiger partial charge in [0, 0.05) is 18.1 Å². The van der Waals surface area contributed by atoms with Gasteiger partial charge in [0.05, 0.1) is 11.3 Å². The molecule has 0 aliphatic heterocycles. The molecule has 0 saturated heterocycles. The number of benzene rings is 1. The number of nitrogens with two attached hydrogens (primary N) is 1. The van der Waals surface area contributed by atoms with E-state index in [9.17, 15) is 14.4 Å². The van der Waals surface area contributed by atoms with Gasteiger partial charge in [0.25, 0.3) is 5.56 Å². The molecule has 2 aromatic heterocycles. The maximum Gasteiger partial charge on any atom is 0.259 e. The Morgan fingerprint density at radius 3 is 2.52 bits per heavy atom. The number of aliphatic hydroxyl groups excluding tert-OH is 1. The first kappa shape index (κ1) is 16.6. The fourth-order valence-corrected chi connectivity index (χ4v) is 3.12. The molecule has 3 rings (SSSR count). The third-order valence-corrected chi connectivity index (χ3v) is 4.28. The number of carbonyl (C=O) groups excluding carboxylic acids is 2. The first-order valence-corrected chi connectivity index (χ1v) is 7.38. The summed E-state index contributed by atoms with van der Waals surface area (Å²) in [6, 6.07) is 10.2. The zero-order valence-corrected chi connectivity index (χ0v) is 13.0. The SMILES string of the molecule is CO.Nc1c(C(=O)c2ccccc2)sc2[nH]c(=O)c(C=O)cc12. The molecule has 3 aromatic rings. The number of fused-ring (bicyclic) bond motifs is 1. The molecule has 0 bridgehead atoms. The summed E-state index contributed by atoms with van der Waals surface area (Å²) in [5, 5.41) is 7.51. The largest absolute Gasteiger partial charge is 0.400 e. The van der Waals surface area contributed by atoms with Gasteiger partial charge in [0.1, 0.15) is 9.71 Å². The first-order valence-electron chi connectivity index (χ1n) is 6.56. The quantitative estimate of drug-likeness (QED) is 0.501. The lowest BCUT2D eigenvalue weighted by Crippen LogP contribution is -2.10. The third-order valence-electron chi connectivity index (χ3n) is 3.14. The molecule has 4 N–H and O–H groups in total. The highest BCUT2D eigenvalue weighted by molar-refractivity contribution is 7.21. The lowest BCUT2D eigenvalue weighted by atomic mass is 10.1. The summed E-state index contributed by atoms with van der Waals surface area (Å²) >= 11 is 1.11. The second kappa shape index (κ2) is 6.99. The second-order valence-corrected chi connectivity index (χ2v) is 5.48. The highest BCUT2D eigenvalue weighted by atomic mass is 32.1. The van der Waals surface area contributed by atoms with Crippen LogP contribution in [0.25, 0.3) is 10.2 Å². The van der Waals surface area contributed by atoms with Crippen molar-refractivity contribution in [2.45, 2.75) is 0 Å². The van der Waals surface area contributed by atoms with E-state index in [-0.39, 0.29) is 17.0 Å². The Labute approximate surface area is 135 Å². The minimum absolute atomic E-state index is 0.00860.